The molecule has 2 aromatic carbocycles. The maximum absolute atomic E-state index is 13.2. The maximum atomic E-state index is 13.2. The smallest absolute Gasteiger partial charge is 0.262 e. The number of amides is 2. The molecule has 0 bridgehead atoms. The van der Waals surface area contributed by atoms with Crippen LogP contribution in [0.15, 0.2) is 59.0 Å². The number of rotatable bonds is 6. The van der Waals surface area contributed by atoms with Crippen molar-refractivity contribution < 1.29 is 9.59 Å². The van der Waals surface area contributed by atoms with Gasteiger partial charge in [0.15, 0.2) is 0 Å². The number of nitrogens with one attached hydrogen (secondary N) is 2. The van der Waals surface area contributed by atoms with Gasteiger partial charge in [-0.25, -0.2) is 4.98 Å². The monoisotopic (exact) mass is 460 g/mol. The average Bonchev–Trinajstić information content (AvgIpc) is 3.21. The lowest BCUT2D eigenvalue weighted by molar-refractivity contribution is -0.116. The summed E-state index contributed by atoms with van der Waals surface area (Å²) in [6, 6.07) is 13.3. The van der Waals surface area contributed by atoms with Gasteiger partial charge in [0, 0.05) is 42.2 Å². The van der Waals surface area contributed by atoms with E-state index >= 15 is 0 Å². The number of hydrogen-bond donors (Lipinski definition) is 2. The molecule has 0 atom stereocenters. The van der Waals surface area contributed by atoms with Gasteiger partial charge in [0.05, 0.1) is 11.7 Å². The average molecular weight is 461 g/mol. The quantitative estimate of drug-likeness (QED) is 0.435. The Morgan fingerprint density at radius 2 is 1.82 bits per heavy atom. The normalized spacial score (nSPS) is 10.9. The highest BCUT2D eigenvalue weighted by atomic mass is 32.1. The second kappa shape index (κ2) is 9.38. The fraction of sp³-hybridized carbons (Fsp3) is 0.200. The largest absolute Gasteiger partial charge is 0.326 e. The van der Waals surface area contributed by atoms with Crippen molar-refractivity contribution in [3.63, 3.8) is 0 Å². The molecule has 0 unspecified atom stereocenters. The zero-order valence-electron chi connectivity index (χ0n) is 18.6. The first-order valence-electron chi connectivity index (χ1n) is 10.5. The SMILES string of the molecule is CC(=O)Nc1cc(NC(=O)CCn2cnc3scc(-c4ccc(C)cc4)c3c2=O)ccc1C. The van der Waals surface area contributed by atoms with E-state index in [1.54, 1.807) is 12.1 Å². The lowest BCUT2D eigenvalue weighted by Crippen LogP contribution is -2.23. The summed E-state index contributed by atoms with van der Waals surface area (Å²) in [5.74, 6) is -0.411. The molecule has 0 saturated heterocycles. The highest BCUT2D eigenvalue weighted by Crippen LogP contribution is 2.30. The highest BCUT2D eigenvalue weighted by Gasteiger charge is 2.14. The molecule has 0 saturated carbocycles. The third-order valence-electron chi connectivity index (χ3n) is 5.34. The second-order valence-corrected chi connectivity index (χ2v) is 8.81. The Kier molecular flexibility index (Phi) is 6.37. The van der Waals surface area contributed by atoms with Crippen molar-refractivity contribution in [2.24, 2.45) is 0 Å². The van der Waals surface area contributed by atoms with Gasteiger partial charge in [-0.2, -0.15) is 0 Å². The molecule has 7 nitrogen and oxygen atoms in total. The number of aryl methyl sites for hydroxylation is 3. The fourth-order valence-electron chi connectivity index (χ4n) is 3.54. The van der Waals surface area contributed by atoms with Gasteiger partial charge in [0.2, 0.25) is 11.8 Å². The molecule has 33 heavy (non-hydrogen) atoms. The molecule has 2 heterocycles. The van der Waals surface area contributed by atoms with E-state index in [4.69, 9.17) is 0 Å². The predicted octanol–water partition coefficient (Wildman–Crippen LogP) is 4.73. The Labute approximate surface area is 195 Å². The van der Waals surface area contributed by atoms with Gasteiger partial charge in [-0.3, -0.25) is 19.0 Å². The van der Waals surface area contributed by atoms with Gasteiger partial charge < -0.3 is 10.6 Å². The van der Waals surface area contributed by atoms with E-state index in [0.29, 0.717) is 21.6 Å². The molecule has 4 rings (SSSR count). The number of hydrogen-bond acceptors (Lipinski definition) is 5. The predicted molar refractivity (Wildman–Crippen MR) is 133 cm³/mol. The first-order valence-corrected chi connectivity index (χ1v) is 11.4. The van der Waals surface area contributed by atoms with Crippen molar-refractivity contribution >= 4 is 44.7 Å². The first kappa shape index (κ1) is 22.4. The van der Waals surface area contributed by atoms with E-state index in [1.807, 2.05) is 49.6 Å². The first-order chi connectivity index (χ1) is 15.8. The van der Waals surface area contributed by atoms with E-state index in [9.17, 15) is 14.4 Å². The molecule has 0 fully saturated rings. The number of thiophene rings is 1. The van der Waals surface area contributed by atoms with Crippen molar-refractivity contribution in [3.8, 4) is 11.1 Å². The zero-order chi connectivity index (χ0) is 23.5. The minimum atomic E-state index is -0.233. The molecule has 0 aliphatic rings. The molecule has 4 aromatic rings. The summed E-state index contributed by atoms with van der Waals surface area (Å²) >= 11 is 1.43. The van der Waals surface area contributed by atoms with Crippen molar-refractivity contribution in [3.05, 3.63) is 75.7 Å². The summed E-state index contributed by atoms with van der Waals surface area (Å²) in [5, 5.41) is 8.09. The van der Waals surface area contributed by atoms with Crippen molar-refractivity contribution in [1.82, 2.24) is 9.55 Å². The maximum Gasteiger partial charge on any atom is 0.262 e. The second-order valence-electron chi connectivity index (χ2n) is 7.95. The fourth-order valence-corrected chi connectivity index (χ4v) is 4.45. The summed E-state index contributed by atoms with van der Waals surface area (Å²) < 4.78 is 1.48. The summed E-state index contributed by atoms with van der Waals surface area (Å²) in [6.45, 7) is 5.54. The van der Waals surface area contributed by atoms with Crippen molar-refractivity contribution in [1.29, 1.82) is 0 Å². The Balaban J connectivity index is 1.50. The van der Waals surface area contributed by atoms with Crippen LogP contribution in [0.3, 0.4) is 0 Å². The van der Waals surface area contributed by atoms with Crippen LogP contribution in [0.1, 0.15) is 24.5 Å². The Bertz CT molecular complexity index is 1400. The van der Waals surface area contributed by atoms with Crippen LogP contribution in [0.5, 0.6) is 0 Å². The molecule has 0 spiro atoms. The van der Waals surface area contributed by atoms with Gasteiger partial charge in [0.25, 0.3) is 5.56 Å². The van der Waals surface area contributed by atoms with E-state index < -0.39 is 0 Å². The Hall–Kier alpha value is -3.78. The molecule has 8 heteroatoms. The van der Waals surface area contributed by atoms with Crippen LogP contribution in [0.4, 0.5) is 11.4 Å². The standard InChI is InChI=1S/C25H24N4O3S/c1-15-4-7-18(8-5-15)20-13-33-24-23(20)25(32)29(14-26-24)11-10-22(31)28-19-9-6-16(2)21(12-19)27-17(3)30/h4-9,12-14H,10-11H2,1-3H3,(H,27,30)(H,28,31). The summed E-state index contributed by atoms with van der Waals surface area (Å²) in [4.78, 5) is 42.1. The van der Waals surface area contributed by atoms with Crippen LogP contribution in [0.25, 0.3) is 21.3 Å². The highest BCUT2D eigenvalue weighted by molar-refractivity contribution is 7.17. The number of carbonyl (C=O) groups excluding carboxylic acids is 2. The van der Waals surface area contributed by atoms with Gasteiger partial charge in [-0.15, -0.1) is 11.3 Å². The lowest BCUT2D eigenvalue weighted by atomic mass is 10.1. The third-order valence-corrected chi connectivity index (χ3v) is 6.22. The summed E-state index contributed by atoms with van der Waals surface area (Å²) in [6.07, 6.45) is 1.61. The molecule has 0 radical (unpaired) electrons. The topological polar surface area (TPSA) is 93.1 Å². The van der Waals surface area contributed by atoms with Crippen LogP contribution in [0, 0.1) is 13.8 Å². The molecule has 0 aliphatic heterocycles. The number of anilines is 2. The van der Waals surface area contributed by atoms with Crippen LogP contribution in [0.2, 0.25) is 0 Å². The zero-order valence-corrected chi connectivity index (χ0v) is 19.5. The Morgan fingerprint density at radius 1 is 1.06 bits per heavy atom. The van der Waals surface area contributed by atoms with Gasteiger partial charge in [-0.1, -0.05) is 35.9 Å². The molecule has 2 amide bonds. The van der Waals surface area contributed by atoms with Crippen LogP contribution < -0.4 is 16.2 Å². The number of nitrogens with zero attached hydrogens (tertiary/aromatic N) is 2. The molecular weight excluding hydrogens is 436 g/mol. The van der Waals surface area contributed by atoms with Gasteiger partial charge >= 0.3 is 0 Å². The van der Waals surface area contributed by atoms with E-state index in [2.05, 4.69) is 15.6 Å². The van der Waals surface area contributed by atoms with Gasteiger partial charge in [-0.05, 0) is 37.1 Å². The Morgan fingerprint density at radius 3 is 2.55 bits per heavy atom. The lowest BCUT2D eigenvalue weighted by Gasteiger charge is -2.11. The van der Waals surface area contributed by atoms with Crippen LogP contribution in [-0.4, -0.2) is 21.4 Å². The van der Waals surface area contributed by atoms with Gasteiger partial charge in [0.1, 0.15) is 4.83 Å². The van der Waals surface area contributed by atoms with Crippen LogP contribution in [-0.2, 0) is 16.1 Å². The minimum Gasteiger partial charge on any atom is -0.326 e. The van der Waals surface area contributed by atoms with E-state index in [0.717, 1.165) is 22.3 Å². The minimum absolute atomic E-state index is 0.112. The molecule has 168 valence electrons. The third kappa shape index (κ3) is 5.01. The number of fused-ring (bicyclic) bond motifs is 1. The summed E-state index contributed by atoms with van der Waals surface area (Å²) in [5.41, 5.74) is 4.94. The van der Waals surface area contributed by atoms with E-state index in [-0.39, 0.29) is 30.3 Å². The number of carbonyl (C=O) groups is 2. The van der Waals surface area contributed by atoms with Crippen molar-refractivity contribution in [2.75, 3.05) is 10.6 Å². The van der Waals surface area contributed by atoms with Crippen molar-refractivity contribution in [2.45, 2.75) is 33.7 Å². The molecule has 2 aromatic heterocycles. The molecule has 0 aliphatic carbocycles. The summed E-state index contributed by atoms with van der Waals surface area (Å²) in [7, 11) is 0. The van der Waals surface area contributed by atoms with Crippen LogP contribution >= 0.6 is 11.3 Å². The number of aromatic nitrogens is 2. The molecule has 2 N–H and O–H groups in total. The number of benzene rings is 2. The van der Waals surface area contributed by atoms with E-state index in [1.165, 1.54) is 29.2 Å². The molecular formula is C25H24N4O3S.